The molecule has 3 nitrogen and oxygen atoms in total. The first-order valence-electron chi connectivity index (χ1n) is 55.1. The molecule has 3 heteroatoms. The molecule has 3 atom stereocenters. The number of rotatable bonds is 45. The fourth-order valence-corrected chi connectivity index (χ4v) is 22.9. The zero-order valence-electron chi connectivity index (χ0n) is 88.5. The molecule has 0 saturated heterocycles. The van der Waals surface area contributed by atoms with Crippen molar-refractivity contribution >= 4 is 51.2 Å². The Morgan fingerprint density at radius 3 is 0.721 bits per heavy atom. The largest absolute Gasteiger partial charge is 0.311 e. The third kappa shape index (κ3) is 23.9. The van der Waals surface area contributed by atoms with Gasteiger partial charge in [-0.25, -0.2) is 0 Å². The van der Waals surface area contributed by atoms with Crippen LogP contribution >= 0.6 is 0 Å². The van der Waals surface area contributed by atoms with E-state index in [1.54, 1.807) is 22.3 Å². The van der Waals surface area contributed by atoms with E-state index in [1.807, 2.05) is 0 Å². The lowest BCUT2D eigenvalue weighted by molar-refractivity contribution is 0.397. The van der Waals surface area contributed by atoms with Crippen molar-refractivity contribution in [3.8, 4) is 55.6 Å². The average Bonchev–Trinajstić information content (AvgIpc) is 1.59. The van der Waals surface area contributed by atoms with Crippen LogP contribution in [0.4, 0.5) is 51.2 Å². The van der Waals surface area contributed by atoms with E-state index < -0.39 is 0 Å². The molecule has 0 heterocycles. The SMILES string of the molecule is CCC(C)c1ccc2c(c1)C(C)(C)c1cc(-c3ccc(N(c4ccccc4)c4ccccc4)cc3)ccc1-2.CCCCCCCCC1(CCCCCCCC)c2cc(-c3ccc(N(c4ccc(C)cc4)c4ccc(C)cc4)cc3)ccc2-c2ccc(C(C)CC)cc21.CCCCCCCCC1(CCCCCCCC)c2cc(C(C)CC)ccc2-c2ccc(N(c3ccc(C)cc3)c3ccc(C)cc3)cc21. The van der Waals surface area contributed by atoms with Gasteiger partial charge in [-0.3, -0.25) is 0 Å². The summed E-state index contributed by atoms with van der Waals surface area (Å²) in [6, 6.07) is 120. The smallest absolute Gasteiger partial charge is 0.0465 e. The highest BCUT2D eigenvalue weighted by molar-refractivity contribution is 5.90. The van der Waals surface area contributed by atoms with Crippen LogP contribution in [0.3, 0.4) is 0 Å². The van der Waals surface area contributed by atoms with Crippen molar-refractivity contribution in [2.45, 2.75) is 344 Å². The van der Waals surface area contributed by atoms with Crippen molar-refractivity contribution in [3.05, 3.63) is 388 Å². The van der Waals surface area contributed by atoms with Gasteiger partial charge in [0, 0.05) is 67.4 Å². The second kappa shape index (κ2) is 49.3. The molecule has 0 saturated carbocycles. The van der Waals surface area contributed by atoms with Crippen LogP contribution in [0.25, 0.3) is 55.6 Å². The number of fused-ring (bicyclic) bond motifs is 9. The van der Waals surface area contributed by atoms with Gasteiger partial charge >= 0.3 is 0 Å². The molecule has 3 unspecified atom stereocenters. The lowest BCUT2D eigenvalue weighted by atomic mass is 9.69. The maximum Gasteiger partial charge on any atom is 0.0465 e. The van der Waals surface area contributed by atoms with Crippen LogP contribution in [0.2, 0.25) is 0 Å². The van der Waals surface area contributed by atoms with Crippen molar-refractivity contribution < 1.29 is 0 Å². The highest BCUT2D eigenvalue weighted by Gasteiger charge is 2.45. The highest BCUT2D eigenvalue weighted by atomic mass is 15.2. The van der Waals surface area contributed by atoms with Gasteiger partial charge in [0.2, 0.25) is 0 Å². The van der Waals surface area contributed by atoms with E-state index in [1.165, 1.54) is 332 Å². The van der Waals surface area contributed by atoms with Gasteiger partial charge < -0.3 is 14.7 Å². The van der Waals surface area contributed by atoms with Crippen LogP contribution in [0.5, 0.6) is 0 Å². The predicted molar refractivity (Wildman–Crippen MR) is 611 cm³/mol. The maximum atomic E-state index is 2.65. The first kappa shape index (κ1) is 103. The minimum absolute atomic E-state index is 0.0124. The number of para-hydroxylation sites is 2. The third-order valence-electron chi connectivity index (χ3n) is 32.2. The number of aryl methyl sites for hydroxylation is 4. The van der Waals surface area contributed by atoms with Gasteiger partial charge in [-0.1, -0.05) is 454 Å². The molecule has 0 N–H and O–H groups in total. The second-order valence-electron chi connectivity index (χ2n) is 42.6. The number of hydrogen-bond acceptors (Lipinski definition) is 3. The predicted octanol–water partition coefficient (Wildman–Crippen LogP) is 42.4. The summed E-state index contributed by atoms with van der Waals surface area (Å²) in [5, 5.41) is 0. The minimum Gasteiger partial charge on any atom is -0.311 e. The lowest BCUT2D eigenvalue weighted by Gasteiger charge is -2.34. The molecule has 3 aliphatic rings. The summed E-state index contributed by atoms with van der Waals surface area (Å²) in [4.78, 5) is 7.16. The van der Waals surface area contributed by atoms with Crippen molar-refractivity contribution in [1.29, 1.82) is 0 Å². The molecule has 14 aromatic rings. The number of anilines is 9. The molecule has 0 bridgehead atoms. The Morgan fingerprint density at radius 1 is 0.200 bits per heavy atom. The number of nitrogens with zero attached hydrogens (tertiary/aromatic N) is 3. The molecule has 17 rings (SSSR count). The highest BCUT2D eigenvalue weighted by Crippen LogP contribution is 2.59. The summed E-state index contributed by atoms with van der Waals surface area (Å²) >= 11 is 0. The van der Waals surface area contributed by atoms with Crippen molar-refractivity contribution in [1.82, 2.24) is 0 Å². The fraction of sp³-hybridized carbons (Fsp3) is 0.387. The van der Waals surface area contributed by atoms with Gasteiger partial charge in [-0.2, -0.15) is 0 Å². The minimum atomic E-state index is -0.0124. The standard InChI is InChI=1S/C53H67N.C47H63N.C37H35N/c1-7-10-12-14-16-18-36-53(37-19-17-15-13-11-8-2)51-38-44(42(6)9-3)26-34-49(51)50-35-27-45(39-52(50)53)43-24-32-48(33-25-43)54(46-28-20-40(4)21-29-46)47-30-22-41(5)23-31-47;1-7-10-12-14-16-18-32-47(33-19-17-15-13-11-8-2)45-34-39(38(6)9-3)24-30-43(45)44-31-29-42(35-46(44)47)48(40-25-20-36(4)21-26-40)41-27-22-37(5)23-28-41;1-5-26(2)28-18-22-33-34-23-19-29(25-36(34)37(3,4)35(33)24-28)27-16-20-32(21-17-27)38(30-12-8-6-9-13-30)31-14-10-7-11-15-31/h20-35,38-39,42H,7-19,36-37H2,1-6H3;20-31,34-35,38H,7-19,32-33H2,1-6H3;6-26H,5H2,1-4H3. The Balaban J connectivity index is 0.000000161. The van der Waals surface area contributed by atoms with Gasteiger partial charge in [-0.05, 0) is 317 Å². The van der Waals surface area contributed by atoms with E-state index in [-0.39, 0.29) is 16.2 Å². The summed E-state index contributed by atoms with van der Waals surface area (Å²) in [7, 11) is 0. The maximum absolute atomic E-state index is 2.65. The summed E-state index contributed by atoms with van der Waals surface area (Å²) in [5.41, 5.74) is 43.5. The summed E-state index contributed by atoms with van der Waals surface area (Å²) < 4.78 is 0. The van der Waals surface area contributed by atoms with Crippen molar-refractivity contribution in [2.24, 2.45) is 0 Å². The van der Waals surface area contributed by atoms with Gasteiger partial charge in [0.25, 0.3) is 0 Å². The van der Waals surface area contributed by atoms with Crippen LogP contribution < -0.4 is 14.7 Å². The zero-order chi connectivity index (χ0) is 98.1. The van der Waals surface area contributed by atoms with E-state index in [2.05, 4.69) is 441 Å². The Morgan fingerprint density at radius 2 is 0.414 bits per heavy atom. The van der Waals surface area contributed by atoms with Crippen molar-refractivity contribution in [3.63, 3.8) is 0 Å². The molecule has 0 aliphatic heterocycles. The molecule has 0 aromatic heterocycles. The van der Waals surface area contributed by atoms with E-state index in [4.69, 9.17) is 0 Å². The second-order valence-corrected chi connectivity index (χ2v) is 42.6. The number of unbranched alkanes of at least 4 members (excludes halogenated alkanes) is 20. The normalized spacial score (nSPS) is 13.7. The summed E-state index contributed by atoms with van der Waals surface area (Å²) in [5.74, 6) is 1.74. The lowest BCUT2D eigenvalue weighted by Crippen LogP contribution is -2.26. The topological polar surface area (TPSA) is 9.72 Å². The van der Waals surface area contributed by atoms with Crippen LogP contribution in [0.1, 0.15) is 372 Å². The molecule has 0 radical (unpaired) electrons. The molecular formula is C137H165N3. The van der Waals surface area contributed by atoms with E-state index in [9.17, 15) is 0 Å². The van der Waals surface area contributed by atoms with Gasteiger partial charge in [0.15, 0.2) is 0 Å². The Labute approximate surface area is 847 Å². The first-order valence-corrected chi connectivity index (χ1v) is 55.1. The molecule has 0 amide bonds. The van der Waals surface area contributed by atoms with Crippen LogP contribution in [0.15, 0.2) is 315 Å². The fourth-order valence-electron chi connectivity index (χ4n) is 22.9. The summed E-state index contributed by atoms with van der Waals surface area (Å²) in [6.07, 6.45) is 40.7. The number of hydrogen-bond donors (Lipinski definition) is 0. The molecular weight excluding hydrogens is 1690 g/mol. The van der Waals surface area contributed by atoms with E-state index >= 15 is 0 Å². The van der Waals surface area contributed by atoms with Gasteiger partial charge in [-0.15, -0.1) is 0 Å². The molecule has 728 valence electrons. The first-order chi connectivity index (χ1) is 68.3. The van der Waals surface area contributed by atoms with Crippen LogP contribution in [-0.2, 0) is 16.2 Å². The molecule has 3 aliphatic carbocycles. The quantitative estimate of drug-likeness (QED) is 0.0352. The zero-order valence-corrected chi connectivity index (χ0v) is 88.5. The van der Waals surface area contributed by atoms with Gasteiger partial charge in [0.1, 0.15) is 0 Å². The summed E-state index contributed by atoms with van der Waals surface area (Å²) in [6.45, 7) is 36.8. The van der Waals surface area contributed by atoms with Crippen LogP contribution in [-0.4, -0.2) is 0 Å². The Hall–Kier alpha value is -11.5. The Bertz CT molecular complexity index is 6070. The van der Waals surface area contributed by atoms with E-state index in [0.717, 1.165) is 23.5 Å². The molecule has 0 fully saturated rings. The van der Waals surface area contributed by atoms with Crippen LogP contribution in [0, 0.1) is 27.7 Å². The molecule has 0 spiro atoms. The molecule has 140 heavy (non-hydrogen) atoms. The van der Waals surface area contributed by atoms with Crippen molar-refractivity contribution in [2.75, 3.05) is 14.7 Å². The van der Waals surface area contributed by atoms with E-state index in [0.29, 0.717) is 17.8 Å². The third-order valence-corrected chi connectivity index (χ3v) is 32.2. The number of benzene rings is 14. The monoisotopic (exact) mass is 1850 g/mol. The molecule has 14 aromatic carbocycles. The Kier molecular flexibility index (Phi) is 36.2. The average molecular weight is 1850 g/mol. The van der Waals surface area contributed by atoms with Gasteiger partial charge in [0.05, 0.1) is 0 Å².